The summed E-state index contributed by atoms with van der Waals surface area (Å²) in [6, 6.07) is 12.8. The van der Waals surface area contributed by atoms with Crippen LogP contribution in [0.4, 0.5) is 0 Å². The van der Waals surface area contributed by atoms with E-state index in [1.807, 2.05) is 44.2 Å². The lowest BCUT2D eigenvalue weighted by atomic mass is 10.0. The topological polar surface area (TPSA) is 86.8 Å². The highest BCUT2D eigenvalue weighted by Gasteiger charge is 2.19. The molecule has 1 aromatic heterocycles. The lowest BCUT2D eigenvalue weighted by Gasteiger charge is -2.13. The zero-order valence-electron chi connectivity index (χ0n) is 18.2. The summed E-state index contributed by atoms with van der Waals surface area (Å²) in [4.78, 5) is 29.7. The van der Waals surface area contributed by atoms with E-state index in [1.165, 1.54) is 0 Å². The van der Waals surface area contributed by atoms with Gasteiger partial charge in [-0.05, 0) is 42.7 Å². The van der Waals surface area contributed by atoms with Gasteiger partial charge in [-0.1, -0.05) is 31.2 Å². The number of pyridine rings is 1. The Morgan fingerprint density at radius 2 is 1.77 bits per heavy atom. The van der Waals surface area contributed by atoms with Crippen molar-refractivity contribution in [3.8, 4) is 11.5 Å². The Morgan fingerprint density at radius 1 is 1.03 bits per heavy atom. The number of nitrogens with zero attached hydrogens (tertiary/aromatic N) is 1. The quantitative estimate of drug-likeness (QED) is 0.558. The molecule has 0 fully saturated rings. The third kappa shape index (κ3) is 4.94. The number of para-hydroxylation sites is 1. The van der Waals surface area contributed by atoms with Crippen LogP contribution >= 0.6 is 0 Å². The summed E-state index contributed by atoms with van der Waals surface area (Å²) in [7, 11) is 3.11. The average molecular weight is 422 g/mol. The van der Waals surface area contributed by atoms with E-state index in [-0.39, 0.29) is 13.2 Å². The Bertz CT molecular complexity index is 1110. The van der Waals surface area contributed by atoms with Crippen molar-refractivity contribution in [1.29, 1.82) is 0 Å². The minimum atomic E-state index is -0.535. The lowest BCUT2D eigenvalue weighted by molar-refractivity contribution is -0.124. The fraction of sp³-hybridized carbons (Fsp3) is 0.292. The molecule has 1 heterocycles. The second kappa shape index (κ2) is 9.93. The Kier molecular flexibility index (Phi) is 7.07. The van der Waals surface area contributed by atoms with Crippen molar-refractivity contribution in [2.24, 2.45) is 0 Å². The molecule has 0 atom stereocenters. The van der Waals surface area contributed by atoms with E-state index in [4.69, 9.17) is 14.2 Å². The number of fused-ring (bicyclic) bond motifs is 1. The summed E-state index contributed by atoms with van der Waals surface area (Å²) in [6.45, 7) is 3.74. The number of benzene rings is 2. The molecule has 0 spiro atoms. The van der Waals surface area contributed by atoms with Crippen LogP contribution in [0.3, 0.4) is 0 Å². The van der Waals surface area contributed by atoms with Gasteiger partial charge in [0.25, 0.3) is 5.91 Å². The van der Waals surface area contributed by atoms with Crippen LogP contribution in [-0.2, 0) is 22.5 Å². The summed E-state index contributed by atoms with van der Waals surface area (Å²) in [5.41, 5.74) is 3.63. The van der Waals surface area contributed by atoms with Crippen LogP contribution < -0.4 is 14.8 Å². The van der Waals surface area contributed by atoms with E-state index in [0.29, 0.717) is 28.9 Å². The molecule has 1 N–H and O–H groups in total. The SMILES string of the molecule is CCc1nc2ccccc2c(C(=O)OCC(=O)NCc2ccc(OC)c(OC)c2)c1C. The van der Waals surface area contributed by atoms with Crippen molar-refractivity contribution in [1.82, 2.24) is 10.3 Å². The van der Waals surface area contributed by atoms with Crippen molar-refractivity contribution >= 4 is 22.8 Å². The molecule has 0 bridgehead atoms. The van der Waals surface area contributed by atoms with E-state index < -0.39 is 11.9 Å². The maximum Gasteiger partial charge on any atom is 0.339 e. The van der Waals surface area contributed by atoms with Gasteiger partial charge in [-0.15, -0.1) is 0 Å². The van der Waals surface area contributed by atoms with Gasteiger partial charge < -0.3 is 19.5 Å². The largest absolute Gasteiger partial charge is 0.493 e. The van der Waals surface area contributed by atoms with Crippen molar-refractivity contribution < 1.29 is 23.8 Å². The number of hydrogen-bond acceptors (Lipinski definition) is 6. The molecule has 0 aliphatic rings. The van der Waals surface area contributed by atoms with Crippen molar-refractivity contribution in [3.05, 3.63) is 64.8 Å². The number of aromatic nitrogens is 1. The molecule has 7 heteroatoms. The van der Waals surface area contributed by atoms with Crippen molar-refractivity contribution in [2.45, 2.75) is 26.8 Å². The molecule has 7 nitrogen and oxygen atoms in total. The highest BCUT2D eigenvalue weighted by molar-refractivity contribution is 6.05. The molecule has 3 aromatic rings. The highest BCUT2D eigenvalue weighted by Crippen LogP contribution is 2.27. The van der Waals surface area contributed by atoms with E-state index in [9.17, 15) is 9.59 Å². The Balaban J connectivity index is 1.66. The van der Waals surface area contributed by atoms with Crippen LogP contribution in [0.2, 0.25) is 0 Å². The first-order chi connectivity index (χ1) is 15.0. The fourth-order valence-corrected chi connectivity index (χ4v) is 3.41. The number of amides is 1. The van der Waals surface area contributed by atoms with E-state index in [0.717, 1.165) is 22.3 Å². The average Bonchev–Trinajstić information content (AvgIpc) is 2.80. The monoisotopic (exact) mass is 422 g/mol. The maximum atomic E-state index is 12.8. The molecule has 0 saturated heterocycles. The van der Waals surface area contributed by atoms with Crippen LogP contribution in [0.1, 0.15) is 34.1 Å². The normalized spacial score (nSPS) is 10.6. The summed E-state index contributed by atoms with van der Waals surface area (Å²) < 4.78 is 15.8. The van der Waals surface area contributed by atoms with Crippen LogP contribution in [0.15, 0.2) is 42.5 Å². The van der Waals surface area contributed by atoms with Gasteiger partial charge in [-0.3, -0.25) is 9.78 Å². The minimum absolute atomic E-state index is 0.272. The first-order valence-electron chi connectivity index (χ1n) is 10.0. The fourth-order valence-electron chi connectivity index (χ4n) is 3.41. The van der Waals surface area contributed by atoms with Gasteiger partial charge in [0.15, 0.2) is 18.1 Å². The molecule has 2 aromatic carbocycles. The van der Waals surface area contributed by atoms with Crippen LogP contribution in [-0.4, -0.2) is 37.7 Å². The number of ether oxygens (including phenoxy) is 3. The summed E-state index contributed by atoms with van der Waals surface area (Å²) in [5, 5.41) is 3.46. The van der Waals surface area contributed by atoms with Crippen molar-refractivity contribution in [3.63, 3.8) is 0 Å². The van der Waals surface area contributed by atoms with Gasteiger partial charge in [-0.2, -0.15) is 0 Å². The van der Waals surface area contributed by atoms with Crippen LogP contribution in [0, 0.1) is 6.92 Å². The second-order valence-corrected chi connectivity index (χ2v) is 6.97. The van der Waals surface area contributed by atoms with Crippen LogP contribution in [0.5, 0.6) is 11.5 Å². The Morgan fingerprint density at radius 3 is 2.48 bits per heavy atom. The zero-order chi connectivity index (χ0) is 22.4. The number of hydrogen-bond donors (Lipinski definition) is 1. The summed E-state index contributed by atoms with van der Waals surface area (Å²) >= 11 is 0. The molecule has 3 rings (SSSR count). The van der Waals surface area contributed by atoms with E-state index >= 15 is 0 Å². The van der Waals surface area contributed by atoms with Gasteiger partial charge in [-0.25, -0.2) is 4.79 Å². The molecular formula is C24H26N2O5. The lowest BCUT2D eigenvalue weighted by Crippen LogP contribution is -2.28. The Labute approximate surface area is 181 Å². The number of rotatable bonds is 8. The smallest absolute Gasteiger partial charge is 0.339 e. The third-order valence-corrected chi connectivity index (χ3v) is 5.05. The number of esters is 1. The highest BCUT2D eigenvalue weighted by atomic mass is 16.5. The number of methoxy groups -OCH3 is 2. The van der Waals surface area contributed by atoms with E-state index in [2.05, 4.69) is 10.3 Å². The maximum absolute atomic E-state index is 12.8. The number of nitrogens with one attached hydrogen (secondary N) is 1. The van der Waals surface area contributed by atoms with Crippen molar-refractivity contribution in [2.75, 3.05) is 20.8 Å². The van der Waals surface area contributed by atoms with Gasteiger partial charge in [0.2, 0.25) is 0 Å². The number of carbonyl (C=O) groups excluding carboxylic acids is 2. The standard InChI is InChI=1S/C24H26N2O5/c1-5-18-15(2)23(17-8-6-7-9-19(17)26-18)24(28)31-14-22(27)25-13-16-10-11-20(29-3)21(12-16)30-4/h6-12H,5,13-14H2,1-4H3,(H,25,27). The third-order valence-electron chi connectivity index (χ3n) is 5.05. The summed E-state index contributed by atoms with van der Waals surface area (Å²) in [5.74, 6) is 0.257. The molecule has 0 unspecified atom stereocenters. The number of aryl methyl sites for hydroxylation is 1. The first-order valence-corrected chi connectivity index (χ1v) is 10.0. The number of carbonyl (C=O) groups is 2. The predicted octanol–water partition coefficient (Wildman–Crippen LogP) is 3.60. The molecular weight excluding hydrogens is 396 g/mol. The molecule has 0 aliphatic carbocycles. The van der Waals surface area contributed by atoms with Gasteiger partial charge in [0.1, 0.15) is 0 Å². The van der Waals surface area contributed by atoms with E-state index in [1.54, 1.807) is 26.4 Å². The Hall–Kier alpha value is -3.61. The molecule has 0 radical (unpaired) electrons. The molecule has 0 aliphatic heterocycles. The molecule has 162 valence electrons. The second-order valence-electron chi connectivity index (χ2n) is 6.97. The molecule has 0 saturated carbocycles. The molecule has 31 heavy (non-hydrogen) atoms. The van der Waals surface area contributed by atoms with Crippen LogP contribution in [0.25, 0.3) is 10.9 Å². The summed E-state index contributed by atoms with van der Waals surface area (Å²) in [6.07, 6.45) is 0.697. The first kappa shape index (κ1) is 22.1. The molecule has 1 amide bonds. The van der Waals surface area contributed by atoms with Gasteiger partial charge in [0.05, 0.1) is 25.3 Å². The predicted molar refractivity (Wildman–Crippen MR) is 118 cm³/mol. The minimum Gasteiger partial charge on any atom is -0.493 e. The zero-order valence-corrected chi connectivity index (χ0v) is 18.2. The van der Waals surface area contributed by atoms with Gasteiger partial charge in [0, 0.05) is 17.6 Å². The van der Waals surface area contributed by atoms with Gasteiger partial charge >= 0.3 is 5.97 Å².